The van der Waals surface area contributed by atoms with E-state index < -0.39 is 0 Å². The molecule has 0 spiro atoms. The minimum absolute atomic E-state index is 0.0179. The van der Waals surface area contributed by atoms with E-state index in [1.165, 1.54) is 0 Å². The summed E-state index contributed by atoms with van der Waals surface area (Å²) in [6.45, 7) is 0.827. The smallest absolute Gasteiger partial charge is 0.177 e. The molecule has 0 saturated heterocycles. The van der Waals surface area contributed by atoms with Gasteiger partial charge in [-0.2, -0.15) is 0 Å². The summed E-state index contributed by atoms with van der Waals surface area (Å²) in [6.07, 6.45) is 0. The van der Waals surface area contributed by atoms with Gasteiger partial charge in [0.2, 0.25) is 0 Å². The summed E-state index contributed by atoms with van der Waals surface area (Å²) in [6, 6.07) is 30.1. The number of rotatable bonds is 12. The van der Waals surface area contributed by atoms with Crippen LogP contribution in [-0.2, 0) is 13.2 Å². The zero-order chi connectivity index (χ0) is 28.7. The van der Waals surface area contributed by atoms with E-state index in [-0.39, 0.29) is 22.2 Å². The number of methoxy groups -OCH3 is 2. The fraction of sp³-hybridized carbons (Fsp3) is 0.188. The second kappa shape index (κ2) is 16.5. The van der Waals surface area contributed by atoms with Crippen molar-refractivity contribution in [3.63, 3.8) is 0 Å². The predicted octanol–water partition coefficient (Wildman–Crippen LogP) is 7.70. The largest absolute Gasteiger partial charge is 0.497 e. The number of alkyl halides is 2. The zero-order valence-electron chi connectivity index (χ0n) is 22.3. The topological polar surface area (TPSA) is 71.1 Å². The lowest BCUT2D eigenvalue weighted by Gasteiger charge is -2.12. The molecular weight excluding hydrogens is 640 g/mol. The maximum absolute atomic E-state index is 11.9. The predicted molar refractivity (Wildman–Crippen MR) is 164 cm³/mol. The van der Waals surface area contributed by atoms with Crippen LogP contribution in [0.25, 0.3) is 0 Å². The van der Waals surface area contributed by atoms with Gasteiger partial charge in [0.05, 0.1) is 36.0 Å². The van der Waals surface area contributed by atoms with Gasteiger partial charge in [-0.1, -0.05) is 92.5 Å². The van der Waals surface area contributed by atoms with Crippen molar-refractivity contribution in [1.82, 2.24) is 0 Å². The summed E-state index contributed by atoms with van der Waals surface area (Å²) in [5.74, 6) is 2.38. The van der Waals surface area contributed by atoms with Gasteiger partial charge in [-0.25, -0.2) is 0 Å². The molecule has 4 aromatic carbocycles. The average molecular weight is 670 g/mol. The Hall–Kier alpha value is -3.62. The minimum Gasteiger partial charge on any atom is -0.497 e. The number of carbonyl (C=O) groups excluding carboxylic acids is 2. The Morgan fingerprint density at radius 2 is 0.950 bits per heavy atom. The number of halogens is 2. The minimum atomic E-state index is -0.0179. The summed E-state index contributed by atoms with van der Waals surface area (Å²) < 4.78 is 21.9. The molecule has 6 nitrogen and oxygen atoms in total. The lowest BCUT2D eigenvalue weighted by molar-refractivity contribution is 0.101. The summed E-state index contributed by atoms with van der Waals surface area (Å²) in [4.78, 5) is 23.8. The van der Waals surface area contributed by atoms with Crippen LogP contribution >= 0.6 is 31.9 Å². The normalized spacial score (nSPS) is 10.1. The van der Waals surface area contributed by atoms with Crippen LogP contribution in [0, 0.1) is 0 Å². The van der Waals surface area contributed by atoms with Crippen molar-refractivity contribution in [2.24, 2.45) is 0 Å². The number of ketones is 2. The molecule has 0 aliphatic carbocycles. The van der Waals surface area contributed by atoms with Crippen LogP contribution in [0.5, 0.6) is 23.0 Å². The summed E-state index contributed by atoms with van der Waals surface area (Å²) >= 11 is 6.36. The SMILES string of the molecule is COc1ccc(C(=O)CBr)c(OCc2ccccc2)c1.COc1ccc(C(=O)CBr)c(OCc2ccccc2)c1. The Kier molecular flexibility index (Phi) is 12.7. The van der Waals surface area contributed by atoms with Crippen molar-refractivity contribution in [2.75, 3.05) is 24.9 Å². The van der Waals surface area contributed by atoms with Crippen LogP contribution in [0.2, 0.25) is 0 Å². The molecule has 0 fully saturated rings. The van der Waals surface area contributed by atoms with Crippen LogP contribution < -0.4 is 18.9 Å². The Labute approximate surface area is 251 Å². The molecule has 0 unspecified atom stereocenters. The highest BCUT2D eigenvalue weighted by molar-refractivity contribution is 9.09. The first-order valence-corrected chi connectivity index (χ1v) is 14.6. The standard InChI is InChI=1S/2C16H15BrO3/c2*1-19-13-7-8-14(15(18)10-17)16(9-13)20-11-12-5-3-2-4-6-12/h2*2-9H,10-11H2,1H3. The van der Waals surface area contributed by atoms with E-state index in [9.17, 15) is 9.59 Å². The van der Waals surface area contributed by atoms with Crippen molar-refractivity contribution in [1.29, 1.82) is 0 Å². The van der Waals surface area contributed by atoms with Gasteiger partial charge in [-0.3, -0.25) is 9.59 Å². The van der Waals surface area contributed by atoms with Gasteiger partial charge >= 0.3 is 0 Å². The van der Waals surface area contributed by atoms with Crippen molar-refractivity contribution in [3.8, 4) is 23.0 Å². The van der Waals surface area contributed by atoms with Crippen LogP contribution in [-0.4, -0.2) is 36.4 Å². The highest BCUT2D eigenvalue weighted by Crippen LogP contribution is 2.28. The molecule has 8 heteroatoms. The number of carbonyl (C=O) groups is 2. The molecule has 0 heterocycles. The summed E-state index contributed by atoms with van der Waals surface area (Å²) in [7, 11) is 3.17. The highest BCUT2D eigenvalue weighted by atomic mass is 79.9. The lowest BCUT2D eigenvalue weighted by atomic mass is 10.1. The third-order valence-electron chi connectivity index (χ3n) is 5.70. The molecule has 0 atom stereocenters. The maximum Gasteiger partial charge on any atom is 0.177 e. The number of ether oxygens (including phenoxy) is 4. The third-order valence-corrected chi connectivity index (χ3v) is 6.71. The monoisotopic (exact) mass is 668 g/mol. The van der Waals surface area contributed by atoms with E-state index in [0.29, 0.717) is 47.3 Å². The Morgan fingerprint density at radius 1 is 0.575 bits per heavy atom. The second-order valence-electron chi connectivity index (χ2n) is 8.39. The van der Waals surface area contributed by atoms with Crippen molar-refractivity contribution in [3.05, 3.63) is 119 Å². The van der Waals surface area contributed by atoms with Gasteiger partial charge in [0.25, 0.3) is 0 Å². The molecule has 0 radical (unpaired) electrons. The highest BCUT2D eigenvalue weighted by Gasteiger charge is 2.14. The van der Waals surface area contributed by atoms with E-state index in [1.807, 2.05) is 60.7 Å². The van der Waals surface area contributed by atoms with Gasteiger partial charge in [-0.15, -0.1) is 0 Å². The van der Waals surface area contributed by atoms with Crippen LogP contribution in [0.3, 0.4) is 0 Å². The Morgan fingerprint density at radius 3 is 1.27 bits per heavy atom. The molecule has 0 aromatic heterocycles. The van der Waals surface area contributed by atoms with Crippen LogP contribution in [0.1, 0.15) is 31.8 Å². The Balaban J connectivity index is 0.000000220. The lowest BCUT2D eigenvalue weighted by Crippen LogP contribution is -2.05. The number of hydrogen-bond acceptors (Lipinski definition) is 6. The van der Waals surface area contributed by atoms with Crippen molar-refractivity contribution >= 4 is 43.4 Å². The number of hydrogen-bond donors (Lipinski definition) is 0. The molecule has 4 rings (SSSR count). The fourth-order valence-corrected chi connectivity index (χ4v) is 4.18. The van der Waals surface area contributed by atoms with Gasteiger partial charge in [0, 0.05) is 12.1 Å². The van der Waals surface area contributed by atoms with E-state index in [4.69, 9.17) is 18.9 Å². The van der Waals surface area contributed by atoms with Gasteiger partial charge in [-0.05, 0) is 35.4 Å². The van der Waals surface area contributed by atoms with Crippen molar-refractivity contribution in [2.45, 2.75) is 13.2 Å². The van der Waals surface area contributed by atoms with Gasteiger partial charge < -0.3 is 18.9 Å². The van der Waals surface area contributed by atoms with Crippen LogP contribution in [0.4, 0.5) is 0 Å². The molecular formula is C32H30Br2O6. The molecule has 0 bridgehead atoms. The fourth-order valence-electron chi connectivity index (χ4n) is 3.57. The quantitative estimate of drug-likeness (QED) is 0.114. The molecule has 0 N–H and O–H groups in total. The molecule has 0 saturated carbocycles. The Bertz CT molecular complexity index is 1270. The number of Topliss-reactive ketones (excluding diaryl/α,β-unsaturated/α-hetero) is 2. The molecule has 40 heavy (non-hydrogen) atoms. The average Bonchev–Trinajstić information content (AvgIpc) is 3.03. The van der Waals surface area contributed by atoms with Crippen molar-refractivity contribution < 1.29 is 28.5 Å². The summed E-state index contributed by atoms with van der Waals surface area (Å²) in [5, 5.41) is 0.530. The first-order chi connectivity index (χ1) is 19.5. The number of benzene rings is 4. The second-order valence-corrected chi connectivity index (χ2v) is 9.51. The van der Waals surface area contributed by atoms with E-state index in [1.54, 1.807) is 50.6 Å². The third kappa shape index (κ3) is 9.24. The first kappa shape index (κ1) is 30.9. The van der Waals surface area contributed by atoms with E-state index in [0.717, 1.165) is 11.1 Å². The molecule has 0 aliphatic rings. The molecule has 208 valence electrons. The van der Waals surface area contributed by atoms with Gasteiger partial charge in [0.1, 0.15) is 36.2 Å². The van der Waals surface area contributed by atoms with Gasteiger partial charge in [0.15, 0.2) is 11.6 Å². The summed E-state index contributed by atoms with van der Waals surface area (Å²) in [5.41, 5.74) is 3.21. The molecule has 0 amide bonds. The van der Waals surface area contributed by atoms with E-state index in [2.05, 4.69) is 31.9 Å². The van der Waals surface area contributed by atoms with Crippen LogP contribution in [0.15, 0.2) is 97.1 Å². The van der Waals surface area contributed by atoms with E-state index >= 15 is 0 Å². The zero-order valence-corrected chi connectivity index (χ0v) is 25.4. The maximum atomic E-state index is 11.9. The first-order valence-electron chi connectivity index (χ1n) is 12.4. The molecule has 0 aliphatic heterocycles. The molecule has 4 aromatic rings.